The van der Waals surface area contributed by atoms with E-state index in [1.807, 2.05) is 28.0 Å². The Kier molecular flexibility index (Phi) is 4.79. The number of anilines is 1. The Hall–Kier alpha value is -2.54. The average molecular weight is 356 g/mol. The van der Waals surface area contributed by atoms with Gasteiger partial charge in [0.1, 0.15) is 0 Å². The van der Waals surface area contributed by atoms with Crippen LogP contribution < -0.4 is 10.2 Å². The summed E-state index contributed by atoms with van der Waals surface area (Å²) in [4.78, 5) is 30.0. The summed E-state index contributed by atoms with van der Waals surface area (Å²) in [6.45, 7) is 5.77. The zero-order chi connectivity index (χ0) is 17.9. The minimum Gasteiger partial charge on any atom is -0.378 e. The van der Waals surface area contributed by atoms with Crippen molar-refractivity contribution >= 4 is 23.7 Å². The molecule has 3 fully saturated rings. The highest BCUT2D eigenvalue weighted by molar-refractivity contribution is 5.92. The second-order valence-electron chi connectivity index (χ2n) is 6.84. The number of hydrogen-bond donors (Lipinski definition) is 1. The lowest BCUT2D eigenvalue weighted by Crippen LogP contribution is -2.53. The van der Waals surface area contributed by atoms with Crippen LogP contribution >= 0.6 is 0 Å². The van der Waals surface area contributed by atoms with Gasteiger partial charge in [-0.25, -0.2) is 4.79 Å². The van der Waals surface area contributed by atoms with E-state index < -0.39 is 0 Å². The van der Waals surface area contributed by atoms with E-state index in [2.05, 4.69) is 22.3 Å². The number of urea groups is 1. The number of carbonyl (C=O) groups excluding carboxylic acids is 2. The van der Waals surface area contributed by atoms with Crippen molar-refractivity contribution in [1.29, 1.82) is 0 Å². The fourth-order valence-corrected chi connectivity index (χ4v) is 3.69. The lowest BCUT2D eigenvalue weighted by molar-refractivity contribution is -0.128. The molecule has 1 aromatic rings. The van der Waals surface area contributed by atoms with Crippen LogP contribution in [0.3, 0.4) is 0 Å². The molecule has 1 unspecified atom stereocenters. The average Bonchev–Trinajstić information content (AvgIpc) is 3.07. The summed E-state index contributed by atoms with van der Waals surface area (Å²) in [6.07, 6.45) is 3.49. The van der Waals surface area contributed by atoms with Crippen LogP contribution in [-0.2, 0) is 9.53 Å². The first-order chi connectivity index (χ1) is 12.7. The molecule has 1 atom stereocenters. The number of amides is 3. The number of morpholine rings is 1. The van der Waals surface area contributed by atoms with Gasteiger partial charge in [0.2, 0.25) is 5.91 Å². The molecule has 3 aliphatic rings. The maximum atomic E-state index is 12.4. The zero-order valence-corrected chi connectivity index (χ0v) is 14.8. The first kappa shape index (κ1) is 16.9. The first-order valence-corrected chi connectivity index (χ1v) is 9.15. The molecule has 3 heterocycles. The molecule has 3 amide bonds. The van der Waals surface area contributed by atoms with Gasteiger partial charge in [-0.3, -0.25) is 4.79 Å². The molecule has 7 heteroatoms. The largest absolute Gasteiger partial charge is 0.378 e. The van der Waals surface area contributed by atoms with E-state index >= 15 is 0 Å². The van der Waals surface area contributed by atoms with Gasteiger partial charge in [0.25, 0.3) is 0 Å². The lowest BCUT2D eigenvalue weighted by Gasteiger charge is -2.35. The Morgan fingerprint density at radius 1 is 1.12 bits per heavy atom. The minimum atomic E-state index is -0.0157. The Morgan fingerprint density at radius 2 is 1.88 bits per heavy atom. The van der Waals surface area contributed by atoms with Gasteiger partial charge in [-0.05, 0) is 23.8 Å². The second kappa shape index (κ2) is 7.37. The summed E-state index contributed by atoms with van der Waals surface area (Å²) in [5.74, 6) is 0.00116. The van der Waals surface area contributed by atoms with Gasteiger partial charge < -0.3 is 24.8 Å². The molecule has 3 aliphatic heterocycles. The number of hydrogen-bond acceptors (Lipinski definition) is 4. The van der Waals surface area contributed by atoms with E-state index in [4.69, 9.17) is 4.74 Å². The van der Waals surface area contributed by atoms with Crippen LogP contribution in [0.25, 0.3) is 6.08 Å². The van der Waals surface area contributed by atoms with Gasteiger partial charge in [-0.1, -0.05) is 12.1 Å². The quantitative estimate of drug-likeness (QED) is 0.813. The highest BCUT2D eigenvalue weighted by atomic mass is 16.5. The molecule has 0 aliphatic carbocycles. The highest BCUT2D eigenvalue weighted by Crippen LogP contribution is 2.18. The summed E-state index contributed by atoms with van der Waals surface area (Å²) >= 11 is 0. The van der Waals surface area contributed by atoms with Gasteiger partial charge in [0, 0.05) is 51.0 Å². The molecule has 0 saturated carbocycles. The first-order valence-electron chi connectivity index (χ1n) is 9.15. The van der Waals surface area contributed by atoms with Crippen molar-refractivity contribution in [2.45, 2.75) is 6.04 Å². The topological polar surface area (TPSA) is 65.1 Å². The van der Waals surface area contributed by atoms with Crippen LogP contribution in [0.5, 0.6) is 0 Å². The van der Waals surface area contributed by atoms with Crippen molar-refractivity contribution in [1.82, 2.24) is 15.1 Å². The van der Waals surface area contributed by atoms with Gasteiger partial charge in [-0.15, -0.1) is 0 Å². The van der Waals surface area contributed by atoms with E-state index in [1.165, 1.54) is 5.69 Å². The molecule has 0 bridgehead atoms. The smallest absolute Gasteiger partial charge is 0.317 e. The summed E-state index contributed by atoms with van der Waals surface area (Å²) in [5.41, 5.74) is 2.19. The van der Waals surface area contributed by atoms with Gasteiger partial charge in [-0.2, -0.15) is 0 Å². The number of nitrogens with zero attached hydrogens (tertiary/aromatic N) is 3. The third kappa shape index (κ3) is 3.53. The van der Waals surface area contributed by atoms with E-state index in [1.54, 1.807) is 6.08 Å². The summed E-state index contributed by atoms with van der Waals surface area (Å²) in [5, 5.41) is 2.83. The highest BCUT2D eigenvalue weighted by Gasteiger charge is 2.36. The van der Waals surface area contributed by atoms with Gasteiger partial charge in [0.05, 0.1) is 19.3 Å². The molecular weight excluding hydrogens is 332 g/mol. The van der Waals surface area contributed by atoms with Gasteiger partial charge in [0.15, 0.2) is 0 Å². The molecule has 0 aromatic heterocycles. The number of rotatable bonds is 3. The maximum Gasteiger partial charge on any atom is 0.317 e. The van der Waals surface area contributed by atoms with Crippen molar-refractivity contribution < 1.29 is 14.3 Å². The monoisotopic (exact) mass is 356 g/mol. The molecule has 4 rings (SSSR count). The normalized spacial score (nSPS) is 23.3. The van der Waals surface area contributed by atoms with E-state index in [0.717, 1.165) is 31.9 Å². The van der Waals surface area contributed by atoms with E-state index in [9.17, 15) is 9.59 Å². The minimum absolute atomic E-state index is 0.00116. The van der Waals surface area contributed by atoms with Crippen molar-refractivity contribution in [2.24, 2.45) is 0 Å². The van der Waals surface area contributed by atoms with Crippen molar-refractivity contribution in [3.63, 3.8) is 0 Å². The maximum absolute atomic E-state index is 12.4. The van der Waals surface area contributed by atoms with Crippen molar-refractivity contribution in [2.75, 3.05) is 57.4 Å². The number of nitrogens with one attached hydrogen (secondary N) is 1. The van der Waals surface area contributed by atoms with Crippen LogP contribution in [0.15, 0.2) is 30.3 Å². The fraction of sp³-hybridized carbons (Fsp3) is 0.474. The number of piperazine rings is 1. The predicted molar refractivity (Wildman–Crippen MR) is 99.0 cm³/mol. The Labute approximate surface area is 153 Å². The third-order valence-electron chi connectivity index (χ3n) is 5.23. The number of benzene rings is 1. The number of fused-ring (bicyclic) bond motifs is 1. The van der Waals surface area contributed by atoms with Crippen molar-refractivity contribution in [3.05, 3.63) is 35.9 Å². The second-order valence-corrected chi connectivity index (χ2v) is 6.84. The van der Waals surface area contributed by atoms with Gasteiger partial charge >= 0.3 is 6.03 Å². The van der Waals surface area contributed by atoms with Crippen molar-refractivity contribution in [3.8, 4) is 0 Å². The Balaban J connectivity index is 1.34. The molecule has 0 spiro atoms. The van der Waals surface area contributed by atoms with E-state index in [0.29, 0.717) is 26.2 Å². The third-order valence-corrected chi connectivity index (χ3v) is 5.23. The van der Waals surface area contributed by atoms with Crippen LogP contribution in [0.2, 0.25) is 0 Å². The zero-order valence-electron chi connectivity index (χ0n) is 14.8. The SMILES string of the molecule is O=C(C=Cc1ccc(N2CCOCC2)cc1)N1CCN2C(=O)NCC2C1. The lowest BCUT2D eigenvalue weighted by atomic mass is 10.1. The summed E-state index contributed by atoms with van der Waals surface area (Å²) in [7, 11) is 0. The molecule has 7 nitrogen and oxygen atoms in total. The molecule has 0 radical (unpaired) electrons. The molecule has 3 saturated heterocycles. The summed E-state index contributed by atoms with van der Waals surface area (Å²) in [6, 6.07) is 8.33. The molecular formula is C19H24N4O3. The molecule has 1 N–H and O–H groups in total. The molecule has 138 valence electrons. The summed E-state index contributed by atoms with van der Waals surface area (Å²) < 4.78 is 5.38. The number of ether oxygens (including phenoxy) is 1. The van der Waals surface area contributed by atoms with Crippen LogP contribution in [0, 0.1) is 0 Å². The standard InChI is InChI=1S/C19H24N4O3/c24-18(22-7-8-23-17(14-22)13-20-19(23)25)6-3-15-1-4-16(5-2-15)21-9-11-26-12-10-21/h1-6,17H,7-14H2,(H,20,25). The molecule has 26 heavy (non-hydrogen) atoms. The predicted octanol–water partition coefficient (Wildman–Crippen LogP) is 0.772. The Bertz CT molecular complexity index is 697. The number of carbonyl (C=O) groups is 2. The van der Waals surface area contributed by atoms with Crippen LogP contribution in [0.4, 0.5) is 10.5 Å². The van der Waals surface area contributed by atoms with Crippen LogP contribution in [0.1, 0.15) is 5.56 Å². The molecule has 1 aromatic carbocycles. The van der Waals surface area contributed by atoms with Crippen LogP contribution in [-0.4, -0.2) is 80.3 Å². The fourth-order valence-electron chi connectivity index (χ4n) is 3.69. The Morgan fingerprint density at radius 3 is 2.65 bits per heavy atom. The van der Waals surface area contributed by atoms with E-state index in [-0.39, 0.29) is 18.0 Å².